The maximum atomic E-state index is 14.0. The number of anilines is 2. The van der Waals surface area contributed by atoms with Crippen LogP contribution in [-0.4, -0.2) is 200 Å². The molecule has 2 fully saturated rings. The number of carbonyl (C=O) groups excluding carboxylic acids is 11. The standard InChI is InChI=1S/C61H69F4N16O15S.Tc/c62-60(63)24-33(26-66)80(31-60)49(86)28-73-54(90)37-17-21-70-52-35(37)7-5-11-40(52)75-46(83)14-13-45(82)69-19-4-2-10-42(57(93)72-20-3-1-9-39(68)56(92)78-43(23-51(88)89)58(94)79-44(30-97)59(95)96)77-48(85)16-15-47(84)76-41-12-6-8-36-38(18-22-71-53(36)41)55(91)74-29-50(87)81-32-61(64,65)25-34(81)27-67;/h5-8,11-12,17-18,21-22,33-34,39,42-44,68H,1-4,9-10,13-16,19-20,23-25,28-32H2,(H12,69,72,73,74,75,76,77,78,79,82,83,84,85,88,89,90,91,92,93,94,95,96,97);/q-1;+4/p-3/t33-,34-,39?,42?,43?,44?;/m0./s1. The maximum Gasteiger partial charge on any atom is 4.00 e. The third-order valence-corrected chi connectivity index (χ3v) is 15.4. The summed E-state index contributed by atoms with van der Waals surface area (Å²) in [7, 11) is 0. The Balaban J connectivity index is 0.0000173. The van der Waals surface area contributed by atoms with E-state index >= 15 is 0 Å². The second-order valence-electron chi connectivity index (χ2n) is 22.4. The van der Waals surface area contributed by atoms with Crippen LogP contribution in [0.3, 0.4) is 0 Å². The number of hydrogen-bond donors (Lipinski definition) is 9. The van der Waals surface area contributed by atoms with E-state index in [1.54, 1.807) is 12.1 Å². The SMILES string of the molecule is N#C[C@@H]1CC(F)(F)CN1C(=O)CNC(=O)c1ccnc2c(NC(=O)CCC(=O)NCCCCC(NC(=O)CCC(=O)Nc3cccc4c(C(=O)NCC(=O)N5CC(F)(F)C[C@H]5C#N)ccnc34)C(=O)NCCCCC([NH-])C(=O)[N-]C(CC(=O)O)C(=O)[N-]C(C[S-])C(=O)O)cccc12.[Tc+4]. The fourth-order valence-electron chi connectivity index (χ4n) is 10.2. The summed E-state index contributed by atoms with van der Waals surface area (Å²) in [4.78, 5) is 176. The van der Waals surface area contributed by atoms with Crippen LogP contribution in [0, 0.1) is 22.7 Å². The van der Waals surface area contributed by atoms with E-state index in [1.165, 1.54) is 60.9 Å². The fraction of sp³-hybridized carbons (Fsp3) is 0.459. The quantitative estimate of drug-likeness (QED) is 0.0184. The van der Waals surface area contributed by atoms with E-state index in [1.807, 2.05) is 0 Å². The van der Waals surface area contributed by atoms with Crippen molar-refractivity contribution >= 4 is 123 Å². The average molecular weight is 1470 g/mol. The summed E-state index contributed by atoms with van der Waals surface area (Å²) in [6, 6.07) is 5.74. The molecule has 6 atom stereocenters. The van der Waals surface area contributed by atoms with Crippen LogP contribution in [0.25, 0.3) is 38.2 Å². The predicted molar refractivity (Wildman–Crippen MR) is 335 cm³/mol. The number of nitrogens with zero attached hydrogens (tertiary/aromatic N) is 8. The van der Waals surface area contributed by atoms with Gasteiger partial charge in [0.2, 0.25) is 41.4 Å². The molecule has 98 heavy (non-hydrogen) atoms. The van der Waals surface area contributed by atoms with Crippen molar-refractivity contribution in [2.45, 2.75) is 132 Å². The van der Waals surface area contributed by atoms with Crippen LogP contribution >= 0.6 is 0 Å². The Morgan fingerprint density at radius 2 is 1.08 bits per heavy atom. The molecule has 4 unspecified atom stereocenters. The second-order valence-corrected chi connectivity index (χ2v) is 22.7. The monoisotopic (exact) mass is 1470 g/mol. The number of likely N-dealkylation sites (tertiary alicyclic amines) is 2. The third kappa shape index (κ3) is 23.1. The molecule has 6 rings (SSSR count). The zero-order chi connectivity index (χ0) is 71.1. The second kappa shape index (κ2) is 37.0. The molecule has 521 valence electrons. The van der Waals surface area contributed by atoms with Gasteiger partial charge in [0.15, 0.2) is 0 Å². The summed E-state index contributed by atoms with van der Waals surface area (Å²) in [5, 5.41) is 62.2. The van der Waals surface area contributed by atoms with E-state index in [0.717, 1.165) is 0 Å². The topological polar surface area (TPSA) is 478 Å². The number of aromatic nitrogens is 2. The number of benzene rings is 2. The van der Waals surface area contributed by atoms with E-state index < -0.39 is 189 Å². The van der Waals surface area contributed by atoms with Crippen molar-refractivity contribution in [2.24, 2.45) is 0 Å². The first kappa shape index (κ1) is 78.7. The van der Waals surface area contributed by atoms with Crippen molar-refractivity contribution in [1.82, 2.24) is 46.4 Å². The van der Waals surface area contributed by atoms with E-state index in [-0.39, 0.29) is 129 Å². The van der Waals surface area contributed by atoms with E-state index in [0.29, 0.717) is 9.80 Å². The molecule has 2 saturated heterocycles. The summed E-state index contributed by atoms with van der Waals surface area (Å²) >= 11 is 4.66. The van der Waals surface area contributed by atoms with Gasteiger partial charge in [-0.15, -0.1) is 0 Å². The zero-order valence-corrected chi connectivity index (χ0v) is 54.6. The molecule has 2 aromatic heterocycles. The van der Waals surface area contributed by atoms with Gasteiger partial charge >= 0.3 is 26.1 Å². The van der Waals surface area contributed by atoms with Gasteiger partial charge in [-0.25, -0.2) is 17.6 Å². The molecule has 31 nitrogen and oxygen atoms in total. The number of nitrogens with one attached hydrogen (secondary N) is 8. The molecule has 37 heteroatoms. The van der Waals surface area contributed by atoms with Crippen molar-refractivity contribution in [3.05, 3.63) is 88.4 Å². The Morgan fingerprint density at radius 1 is 0.622 bits per heavy atom. The molecule has 0 bridgehead atoms. The number of fused-ring (bicyclic) bond motifs is 2. The third-order valence-electron chi connectivity index (χ3n) is 15.1. The van der Waals surface area contributed by atoms with Crippen LogP contribution < -0.4 is 37.2 Å². The molecule has 11 amide bonds. The van der Waals surface area contributed by atoms with Crippen LogP contribution in [0.15, 0.2) is 60.9 Å². The summed E-state index contributed by atoms with van der Waals surface area (Å²) in [5.74, 6) is -19.3. The van der Waals surface area contributed by atoms with Crippen LogP contribution in [-0.2, 0) is 85.5 Å². The molecule has 2 aliphatic rings. The van der Waals surface area contributed by atoms with E-state index in [4.69, 9.17) is 5.73 Å². The minimum absolute atomic E-state index is 0. The molecular weight excluding hydrogens is 1400 g/mol. The molecule has 0 spiro atoms. The molecule has 10 N–H and O–H groups in total. The minimum Gasteiger partial charge on any atom is -0.793 e. The van der Waals surface area contributed by atoms with Crippen LogP contribution in [0.4, 0.5) is 28.9 Å². The van der Waals surface area contributed by atoms with E-state index in [2.05, 4.69) is 70.4 Å². The Labute approximate surface area is 575 Å². The number of pyridine rings is 2. The summed E-state index contributed by atoms with van der Waals surface area (Å²) < 4.78 is 55.8. The van der Waals surface area contributed by atoms with Gasteiger partial charge in [0, 0.05) is 93.0 Å². The number of nitriles is 2. The molecule has 2 aromatic carbocycles. The Bertz CT molecular complexity index is 3770. The van der Waals surface area contributed by atoms with Gasteiger partial charge in [0.1, 0.15) is 18.1 Å². The van der Waals surface area contributed by atoms with Crippen molar-refractivity contribution in [3.63, 3.8) is 0 Å². The maximum absolute atomic E-state index is 14.0. The van der Waals surface area contributed by atoms with Gasteiger partial charge in [-0.05, 0) is 56.0 Å². The summed E-state index contributed by atoms with van der Waals surface area (Å²) in [6.07, 6.45) is -1.18. The van der Waals surface area contributed by atoms with E-state index in [9.17, 15) is 101 Å². The van der Waals surface area contributed by atoms with Gasteiger partial charge in [-0.3, -0.25) is 62.7 Å². The van der Waals surface area contributed by atoms with Crippen molar-refractivity contribution in [1.29, 1.82) is 10.5 Å². The van der Waals surface area contributed by atoms with Crippen molar-refractivity contribution in [3.8, 4) is 12.1 Å². The number of para-hydroxylation sites is 2. The number of alkyl halides is 4. The van der Waals surface area contributed by atoms with Crippen molar-refractivity contribution < 1.29 is 110 Å². The number of amides is 11. The summed E-state index contributed by atoms with van der Waals surface area (Å²) in [6.45, 7) is -3.36. The molecule has 4 aromatic rings. The number of hydrogen-bond acceptors (Lipinski definition) is 18. The number of halogens is 4. The van der Waals surface area contributed by atoms with Gasteiger partial charge in [-0.2, -0.15) is 16.3 Å². The molecule has 4 heterocycles. The molecule has 1 radical (unpaired) electrons. The van der Waals surface area contributed by atoms with Crippen LogP contribution in [0.2, 0.25) is 0 Å². The number of aliphatic carboxylic acids is 2. The van der Waals surface area contributed by atoms with Gasteiger partial charge in [-0.1, -0.05) is 49.2 Å². The van der Waals surface area contributed by atoms with Gasteiger partial charge in [0.25, 0.3) is 29.6 Å². The summed E-state index contributed by atoms with van der Waals surface area (Å²) in [5.41, 5.74) is 8.82. The largest absolute Gasteiger partial charge is 4.00 e. The number of carboxylic acid groups (broad SMARTS) is 2. The normalized spacial score (nSPS) is 16.2. The fourth-order valence-corrected chi connectivity index (χ4v) is 10.4. The first-order valence-electron chi connectivity index (χ1n) is 30.2. The molecular formula is C61H66F4N16O15STc. The number of carboxylic acids is 2. The Kier molecular flexibility index (Phi) is 29.7. The Morgan fingerprint density at radius 3 is 1.55 bits per heavy atom. The Hall–Kier alpha value is -9.97. The zero-order valence-electron chi connectivity index (χ0n) is 52.0. The number of rotatable bonds is 34. The number of carbonyl (C=O) groups is 13. The molecule has 2 aliphatic heterocycles. The van der Waals surface area contributed by atoms with Crippen molar-refractivity contribution in [2.75, 3.05) is 55.7 Å². The average Bonchev–Trinajstić information content (AvgIpc) is 1.11. The minimum atomic E-state index is -3.28. The first-order chi connectivity index (χ1) is 46.0. The van der Waals surface area contributed by atoms with Gasteiger partial charge in [0.05, 0.1) is 71.9 Å². The predicted octanol–water partition coefficient (Wildman–Crippen LogP) is 3.02. The first-order valence-corrected chi connectivity index (χ1v) is 30.7. The van der Waals surface area contributed by atoms with Crippen LogP contribution in [0.5, 0.6) is 0 Å². The van der Waals surface area contributed by atoms with Gasteiger partial charge < -0.3 is 95.8 Å². The molecule has 0 aliphatic carbocycles. The number of unbranched alkanes of at least 4 members (excludes halogenated alkanes) is 2. The smallest absolute Gasteiger partial charge is 0.793 e. The van der Waals surface area contributed by atoms with Crippen LogP contribution in [0.1, 0.15) is 104 Å². The molecule has 0 saturated carbocycles.